The van der Waals surface area contributed by atoms with Crippen LogP contribution in [0.5, 0.6) is 0 Å². The van der Waals surface area contributed by atoms with E-state index in [-0.39, 0.29) is 28.4 Å². The lowest BCUT2D eigenvalue weighted by Crippen LogP contribution is -2.19. The molecule has 0 saturated carbocycles. The second-order valence-electron chi connectivity index (χ2n) is 9.08. The number of hydrogen-bond acceptors (Lipinski definition) is 3. The molecule has 0 radical (unpaired) electrons. The number of benzene rings is 1. The molecule has 3 nitrogen and oxygen atoms in total. The molecule has 0 heterocycles. The lowest BCUT2D eigenvalue weighted by atomic mass is 9.72. The molecule has 5 heteroatoms. The molecule has 0 aromatic heterocycles. The van der Waals surface area contributed by atoms with Gasteiger partial charge < -0.3 is 4.74 Å². The summed E-state index contributed by atoms with van der Waals surface area (Å²) in [6.45, 7) is 10.3. The largest absolute Gasteiger partial charge is 0.454 e. The number of ether oxygens (including phenoxy) is 1. The highest BCUT2D eigenvalue weighted by atomic mass is 35.5. The van der Waals surface area contributed by atoms with Crippen molar-refractivity contribution in [2.45, 2.75) is 53.9 Å². The van der Waals surface area contributed by atoms with Crippen LogP contribution in [0.4, 0.5) is 0 Å². The van der Waals surface area contributed by atoms with Gasteiger partial charge in [0.25, 0.3) is 0 Å². The van der Waals surface area contributed by atoms with Crippen LogP contribution in [-0.2, 0) is 9.53 Å². The van der Waals surface area contributed by atoms with E-state index in [1.54, 1.807) is 13.0 Å². The third-order valence-corrected chi connectivity index (χ3v) is 6.24. The Morgan fingerprint density at radius 2 is 1.85 bits per heavy atom. The number of Topliss-reactive ketones (excluding diaryl/α,β-unsaturated/α-hetero) is 1. The van der Waals surface area contributed by atoms with Crippen molar-refractivity contribution in [1.82, 2.24) is 0 Å². The molecule has 1 aromatic rings. The third kappa shape index (κ3) is 8.49. The van der Waals surface area contributed by atoms with Crippen LogP contribution in [0.3, 0.4) is 0 Å². The number of halogens is 2. The first-order chi connectivity index (χ1) is 15.5. The van der Waals surface area contributed by atoms with E-state index in [1.165, 1.54) is 48.6 Å². The van der Waals surface area contributed by atoms with Crippen molar-refractivity contribution in [3.63, 3.8) is 0 Å². The first-order valence-electron chi connectivity index (χ1n) is 11.1. The van der Waals surface area contributed by atoms with E-state index in [9.17, 15) is 9.59 Å². The number of allylic oxidation sites excluding steroid dienone is 9. The fraction of sp³-hybridized carbons (Fsp3) is 0.357. The zero-order valence-electron chi connectivity index (χ0n) is 20.0. The lowest BCUT2D eigenvalue weighted by Gasteiger charge is -2.32. The molecule has 2 rings (SSSR count). The number of carbonyl (C=O) groups is 2. The normalized spacial score (nSPS) is 17.2. The van der Waals surface area contributed by atoms with Crippen LogP contribution >= 0.6 is 23.2 Å². The smallest absolute Gasteiger partial charge is 0.331 e. The average Bonchev–Trinajstić information content (AvgIpc) is 2.71. The van der Waals surface area contributed by atoms with Crippen molar-refractivity contribution in [3.05, 3.63) is 92.6 Å². The van der Waals surface area contributed by atoms with Gasteiger partial charge in [0.1, 0.15) is 0 Å². The first kappa shape index (κ1) is 26.9. The van der Waals surface area contributed by atoms with E-state index < -0.39 is 5.97 Å². The number of esters is 1. The molecule has 0 aliphatic heterocycles. The van der Waals surface area contributed by atoms with Gasteiger partial charge >= 0.3 is 5.97 Å². The number of ketones is 1. The fourth-order valence-corrected chi connectivity index (χ4v) is 4.35. The van der Waals surface area contributed by atoms with E-state index >= 15 is 0 Å². The Morgan fingerprint density at radius 3 is 2.52 bits per heavy atom. The van der Waals surface area contributed by atoms with Crippen LogP contribution in [0.15, 0.2) is 76.9 Å². The van der Waals surface area contributed by atoms with Gasteiger partial charge in [0.05, 0.1) is 5.02 Å². The maximum atomic E-state index is 12.2. The summed E-state index contributed by atoms with van der Waals surface area (Å²) in [7, 11) is 0. The van der Waals surface area contributed by atoms with Crippen LogP contribution in [0.2, 0.25) is 10.0 Å². The summed E-state index contributed by atoms with van der Waals surface area (Å²) in [6, 6.07) is 4.56. The van der Waals surface area contributed by atoms with Gasteiger partial charge in [-0.25, -0.2) is 4.79 Å². The molecular weight excluding hydrogens is 455 g/mol. The SMILES string of the molecule is CC1=C(/C=C/C(C)=C/C=C/C(C)=C/C(=O)OCC(=O)c2ccc(Cl)cc2Cl)C(C)(C)CCC1. The maximum Gasteiger partial charge on any atom is 0.331 e. The van der Waals surface area contributed by atoms with E-state index in [4.69, 9.17) is 27.9 Å². The molecule has 0 saturated heterocycles. The Morgan fingerprint density at radius 1 is 1.12 bits per heavy atom. The van der Waals surface area contributed by atoms with Gasteiger partial charge in [-0.2, -0.15) is 0 Å². The van der Waals surface area contributed by atoms with E-state index in [2.05, 4.69) is 32.9 Å². The molecule has 33 heavy (non-hydrogen) atoms. The summed E-state index contributed by atoms with van der Waals surface area (Å²) in [5, 5.41) is 0.664. The highest BCUT2D eigenvalue weighted by Crippen LogP contribution is 2.40. The molecule has 0 N–H and O–H groups in total. The molecule has 0 fully saturated rings. The predicted molar refractivity (Wildman–Crippen MR) is 138 cm³/mol. The number of rotatable bonds is 8. The Bertz CT molecular complexity index is 1050. The molecule has 176 valence electrons. The van der Waals surface area contributed by atoms with Gasteiger partial charge in [-0.05, 0) is 74.8 Å². The summed E-state index contributed by atoms with van der Waals surface area (Å²) >= 11 is 11.8. The Hall–Kier alpha value is -2.36. The minimum Gasteiger partial charge on any atom is -0.454 e. The molecule has 1 aliphatic carbocycles. The summed E-state index contributed by atoms with van der Waals surface area (Å²) in [5.74, 6) is -0.971. The monoisotopic (exact) mass is 486 g/mol. The van der Waals surface area contributed by atoms with Crippen LogP contribution < -0.4 is 0 Å². The van der Waals surface area contributed by atoms with Crippen LogP contribution in [0, 0.1) is 5.41 Å². The van der Waals surface area contributed by atoms with Crippen LogP contribution in [0.25, 0.3) is 0 Å². The van der Waals surface area contributed by atoms with Crippen molar-refractivity contribution in [1.29, 1.82) is 0 Å². The third-order valence-electron chi connectivity index (χ3n) is 5.70. The molecular formula is C28H32Cl2O3. The molecule has 0 amide bonds. The molecule has 1 aromatic carbocycles. The molecule has 0 bridgehead atoms. The Kier molecular flexibility index (Phi) is 9.94. The maximum absolute atomic E-state index is 12.2. The number of carbonyl (C=O) groups excluding carboxylic acids is 2. The minimum atomic E-state index is -0.585. The Labute approximate surface area is 207 Å². The topological polar surface area (TPSA) is 43.4 Å². The highest BCUT2D eigenvalue weighted by Gasteiger charge is 2.26. The lowest BCUT2D eigenvalue weighted by molar-refractivity contribution is -0.136. The van der Waals surface area contributed by atoms with Gasteiger partial charge in [-0.3, -0.25) is 4.79 Å². The van der Waals surface area contributed by atoms with E-state index in [1.807, 2.05) is 25.2 Å². The fourth-order valence-electron chi connectivity index (χ4n) is 3.84. The highest BCUT2D eigenvalue weighted by molar-refractivity contribution is 6.36. The van der Waals surface area contributed by atoms with Gasteiger partial charge in [0.15, 0.2) is 6.61 Å². The van der Waals surface area contributed by atoms with Crippen molar-refractivity contribution < 1.29 is 14.3 Å². The number of hydrogen-bond donors (Lipinski definition) is 0. The zero-order chi connectivity index (χ0) is 24.6. The van der Waals surface area contributed by atoms with Gasteiger partial charge in [0, 0.05) is 16.7 Å². The quantitative estimate of drug-likeness (QED) is 0.160. The zero-order valence-corrected chi connectivity index (χ0v) is 21.5. The second kappa shape index (κ2) is 12.2. The van der Waals surface area contributed by atoms with Crippen molar-refractivity contribution in [3.8, 4) is 0 Å². The molecule has 1 aliphatic rings. The van der Waals surface area contributed by atoms with Gasteiger partial charge in [-0.1, -0.05) is 78.6 Å². The summed E-state index contributed by atoms with van der Waals surface area (Å²) < 4.78 is 5.05. The van der Waals surface area contributed by atoms with Crippen molar-refractivity contribution in [2.24, 2.45) is 5.41 Å². The molecule has 0 atom stereocenters. The second-order valence-corrected chi connectivity index (χ2v) is 9.92. The van der Waals surface area contributed by atoms with E-state index in [0.29, 0.717) is 5.02 Å². The molecule has 0 spiro atoms. The minimum absolute atomic E-state index is 0.217. The van der Waals surface area contributed by atoms with Crippen LogP contribution in [0.1, 0.15) is 64.2 Å². The summed E-state index contributed by atoms with van der Waals surface area (Å²) in [5.41, 5.74) is 5.23. The average molecular weight is 487 g/mol. The Balaban J connectivity index is 1.91. The predicted octanol–water partition coefficient (Wildman–Crippen LogP) is 8.25. The van der Waals surface area contributed by atoms with Crippen LogP contribution in [-0.4, -0.2) is 18.4 Å². The summed E-state index contributed by atoms with van der Waals surface area (Å²) in [6.07, 6.45) is 15.1. The van der Waals surface area contributed by atoms with Crippen molar-refractivity contribution in [2.75, 3.05) is 6.61 Å². The first-order valence-corrected chi connectivity index (χ1v) is 11.8. The van der Waals surface area contributed by atoms with E-state index in [0.717, 1.165) is 11.1 Å². The molecule has 0 unspecified atom stereocenters. The van der Waals surface area contributed by atoms with Gasteiger partial charge in [0.2, 0.25) is 5.78 Å². The standard InChI is InChI=1S/C28H32Cl2O3/c1-19(11-14-24-21(3)10-7-15-28(24,4)5)8-6-9-20(2)16-27(32)33-18-26(31)23-13-12-22(29)17-25(23)30/h6,8-9,11-14,16-17H,7,10,15,18H2,1-5H3/b9-6+,14-11+,19-8+,20-16+. The summed E-state index contributed by atoms with van der Waals surface area (Å²) in [4.78, 5) is 24.2. The van der Waals surface area contributed by atoms with Crippen molar-refractivity contribution >= 4 is 35.0 Å². The van der Waals surface area contributed by atoms with Gasteiger partial charge in [-0.15, -0.1) is 0 Å².